The summed E-state index contributed by atoms with van der Waals surface area (Å²) in [6.07, 6.45) is 3.02. The Kier molecular flexibility index (Phi) is 6.27. The van der Waals surface area contributed by atoms with Crippen LogP contribution in [-0.4, -0.2) is 40.7 Å². The maximum absolute atomic E-state index is 13.1. The van der Waals surface area contributed by atoms with Gasteiger partial charge < -0.3 is 14.6 Å². The third-order valence-electron chi connectivity index (χ3n) is 6.38. The van der Waals surface area contributed by atoms with Crippen molar-refractivity contribution in [2.24, 2.45) is 5.92 Å². The number of para-hydroxylation sites is 2. The van der Waals surface area contributed by atoms with Crippen LogP contribution >= 0.6 is 12.4 Å². The highest BCUT2D eigenvalue weighted by Crippen LogP contribution is 2.34. The van der Waals surface area contributed by atoms with Gasteiger partial charge in [-0.05, 0) is 55.0 Å². The quantitative estimate of drug-likeness (QED) is 0.669. The van der Waals surface area contributed by atoms with Gasteiger partial charge in [-0.3, -0.25) is 4.57 Å². The minimum absolute atomic E-state index is 0. The first-order valence-electron chi connectivity index (χ1n) is 10.5. The molecule has 7 heteroatoms. The molecule has 1 N–H and O–H groups in total. The van der Waals surface area contributed by atoms with E-state index in [1.165, 1.54) is 12.1 Å². The Hall–Kier alpha value is -2.15. The number of H-pyrrole nitrogens is 1. The highest BCUT2D eigenvalue weighted by Gasteiger charge is 2.30. The van der Waals surface area contributed by atoms with Crippen molar-refractivity contribution in [1.29, 1.82) is 0 Å². The second kappa shape index (κ2) is 8.92. The van der Waals surface area contributed by atoms with E-state index in [1.54, 1.807) is 0 Å². The molecule has 0 saturated carbocycles. The molecule has 5 rings (SSSR count). The molecule has 2 atom stereocenters. The molecule has 0 radical (unpaired) electrons. The zero-order chi connectivity index (χ0) is 19.8. The molecule has 2 aliphatic heterocycles. The normalized spacial score (nSPS) is 23.0. The van der Waals surface area contributed by atoms with Crippen molar-refractivity contribution < 1.29 is 9.13 Å². The highest BCUT2D eigenvalue weighted by molar-refractivity contribution is 5.85. The third-order valence-corrected chi connectivity index (χ3v) is 6.38. The number of aromatic amines is 1. The van der Waals surface area contributed by atoms with Crippen molar-refractivity contribution in [3.63, 3.8) is 0 Å². The molecule has 0 bridgehead atoms. The molecule has 0 unspecified atom stereocenters. The number of likely N-dealkylation sites (tertiary alicyclic amines) is 1. The van der Waals surface area contributed by atoms with E-state index >= 15 is 0 Å². The number of imidazole rings is 1. The Bertz CT molecular complexity index is 1040. The summed E-state index contributed by atoms with van der Waals surface area (Å²) in [6, 6.07) is 14.8. The topological polar surface area (TPSA) is 50.3 Å². The summed E-state index contributed by atoms with van der Waals surface area (Å²) >= 11 is 0. The van der Waals surface area contributed by atoms with E-state index < -0.39 is 0 Å². The number of hydrogen-bond donors (Lipinski definition) is 1. The Morgan fingerprint density at radius 3 is 2.57 bits per heavy atom. The third kappa shape index (κ3) is 4.17. The number of halogens is 2. The summed E-state index contributed by atoms with van der Waals surface area (Å²) in [5.74, 6) is 0.290. The van der Waals surface area contributed by atoms with Gasteiger partial charge in [0, 0.05) is 25.7 Å². The standard InChI is InChI=1S/C23H26FN3O2.ClH/c24-18-7-5-17(6-8-18)22-13-16(15-29-22)14-26-11-9-19(10-12-26)27-21-4-2-1-3-20(21)25-23(27)28;/h1-8,16,19,22H,9-15H2,(H,25,28);1H/t16-,22+;/m1./s1. The fraction of sp³-hybridized carbons (Fsp3) is 0.435. The lowest BCUT2D eigenvalue weighted by molar-refractivity contribution is 0.100. The molecule has 5 nitrogen and oxygen atoms in total. The smallest absolute Gasteiger partial charge is 0.326 e. The van der Waals surface area contributed by atoms with Crippen LogP contribution in [0.2, 0.25) is 0 Å². The Morgan fingerprint density at radius 2 is 1.80 bits per heavy atom. The van der Waals surface area contributed by atoms with Gasteiger partial charge in [0.2, 0.25) is 0 Å². The highest BCUT2D eigenvalue weighted by atomic mass is 35.5. The van der Waals surface area contributed by atoms with Crippen LogP contribution in [0.4, 0.5) is 4.39 Å². The fourth-order valence-electron chi connectivity index (χ4n) is 4.89. The van der Waals surface area contributed by atoms with Crippen molar-refractivity contribution in [3.8, 4) is 0 Å². The number of fused-ring (bicyclic) bond motifs is 1. The number of nitrogens with one attached hydrogen (secondary N) is 1. The van der Waals surface area contributed by atoms with Gasteiger partial charge in [-0.25, -0.2) is 9.18 Å². The van der Waals surface area contributed by atoms with Gasteiger partial charge in [-0.1, -0.05) is 24.3 Å². The minimum Gasteiger partial charge on any atom is -0.373 e. The molecular formula is C23H27ClFN3O2. The number of benzene rings is 2. The average molecular weight is 432 g/mol. The van der Waals surface area contributed by atoms with Crippen LogP contribution in [0.5, 0.6) is 0 Å². The van der Waals surface area contributed by atoms with Crippen LogP contribution in [0.25, 0.3) is 11.0 Å². The van der Waals surface area contributed by atoms with Crippen molar-refractivity contribution in [2.75, 3.05) is 26.2 Å². The van der Waals surface area contributed by atoms with E-state index in [1.807, 2.05) is 41.0 Å². The summed E-state index contributed by atoms with van der Waals surface area (Å²) in [4.78, 5) is 17.9. The average Bonchev–Trinajstić information content (AvgIpc) is 3.33. The van der Waals surface area contributed by atoms with E-state index in [0.29, 0.717) is 5.92 Å². The zero-order valence-electron chi connectivity index (χ0n) is 16.8. The number of rotatable bonds is 4. The lowest BCUT2D eigenvalue weighted by Gasteiger charge is -2.33. The molecule has 2 aromatic carbocycles. The molecule has 3 aromatic rings. The number of hydrogen-bond acceptors (Lipinski definition) is 3. The lowest BCUT2D eigenvalue weighted by atomic mass is 9.98. The monoisotopic (exact) mass is 431 g/mol. The predicted molar refractivity (Wildman–Crippen MR) is 118 cm³/mol. The molecule has 3 heterocycles. The first kappa shape index (κ1) is 21.1. The summed E-state index contributed by atoms with van der Waals surface area (Å²) < 4.78 is 21.1. The van der Waals surface area contributed by atoms with Gasteiger partial charge in [0.1, 0.15) is 5.82 Å². The SMILES string of the molecule is Cl.O=c1[nH]c2ccccc2n1C1CCN(C[C@@H]2CO[C@H](c3ccc(F)cc3)C2)CC1. The van der Waals surface area contributed by atoms with Gasteiger partial charge in [-0.2, -0.15) is 0 Å². The number of ether oxygens (including phenoxy) is 1. The maximum atomic E-state index is 13.1. The molecular weight excluding hydrogens is 405 g/mol. The van der Waals surface area contributed by atoms with Crippen molar-refractivity contribution in [3.05, 3.63) is 70.4 Å². The summed E-state index contributed by atoms with van der Waals surface area (Å²) in [5.41, 5.74) is 2.97. The van der Waals surface area contributed by atoms with E-state index in [-0.39, 0.29) is 36.1 Å². The second-order valence-electron chi connectivity index (χ2n) is 8.32. The first-order valence-corrected chi connectivity index (χ1v) is 10.5. The van der Waals surface area contributed by atoms with Gasteiger partial charge in [0.25, 0.3) is 0 Å². The van der Waals surface area contributed by atoms with Crippen LogP contribution in [0.1, 0.15) is 37.0 Å². The molecule has 2 saturated heterocycles. The lowest BCUT2D eigenvalue weighted by Crippen LogP contribution is -2.39. The Balaban J connectivity index is 0.00000218. The van der Waals surface area contributed by atoms with E-state index in [0.717, 1.165) is 62.1 Å². The first-order chi connectivity index (χ1) is 14.2. The fourth-order valence-corrected chi connectivity index (χ4v) is 4.89. The van der Waals surface area contributed by atoms with Crippen LogP contribution in [0.15, 0.2) is 53.3 Å². The van der Waals surface area contributed by atoms with Gasteiger partial charge in [-0.15, -0.1) is 12.4 Å². The van der Waals surface area contributed by atoms with E-state index in [4.69, 9.17) is 4.74 Å². The molecule has 2 aliphatic rings. The van der Waals surface area contributed by atoms with Gasteiger partial charge in [0.05, 0.1) is 23.7 Å². The molecule has 160 valence electrons. The molecule has 30 heavy (non-hydrogen) atoms. The van der Waals surface area contributed by atoms with Crippen LogP contribution in [-0.2, 0) is 4.74 Å². The maximum Gasteiger partial charge on any atom is 0.326 e. The predicted octanol–water partition coefficient (Wildman–Crippen LogP) is 4.31. The number of piperidine rings is 1. The Morgan fingerprint density at radius 1 is 1.07 bits per heavy atom. The minimum atomic E-state index is -0.208. The van der Waals surface area contributed by atoms with Crippen LogP contribution < -0.4 is 5.69 Å². The van der Waals surface area contributed by atoms with Crippen LogP contribution in [0.3, 0.4) is 0 Å². The molecule has 0 aliphatic carbocycles. The van der Waals surface area contributed by atoms with Crippen molar-refractivity contribution in [2.45, 2.75) is 31.4 Å². The van der Waals surface area contributed by atoms with Crippen LogP contribution in [0, 0.1) is 11.7 Å². The summed E-state index contributed by atoms with van der Waals surface area (Å²) in [5, 5.41) is 0. The van der Waals surface area contributed by atoms with E-state index in [9.17, 15) is 9.18 Å². The molecule has 1 aromatic heterocycles. The van der Waals surface area contributed by atoms with Crippen molar-refractivity contribution >= 4 is 23.4 Å². The second-order valence-corrected chi connectivity index (χ2v) is 8.32. The summed E-state index contributed by atoms with van der Waals surface area (Å²) in [7, 11) is 0. The number of aromatic nitrogens is 2. The van der Waals surface area contributed by atoms with Crippen molar-refractivity contribution in [1.82, 2.24) is 14.5 Å². The van der Waals surface area contributed by atoms with Gasteiger partial charge in [0.15, 0.2) is 0 Å². The van der Waals surface area contributed by atoms with E-state index in [2.05, 4.69) is 9.88 Å². The number of nitrogens with zero attached hydrogens (tertiary/aromatic N) is 2. The Labute approximate surface area is 181 Å². The molecule has 2 fully saturated rings. The summed E-state index contributed by atoms with van der Waals surface area (Å²) in [6.45, 7) is 3.76. The van der Waals surface area contributed by atoms with Gasteiger partial charge >= 0.3 is 5.69 Å². The molecule has 0 amide bonds. The largest absolute Gasteiger partial charge is 0.373 e. The zero-order valence-corrected chi connectivity index (χ0v) is 17.6. The molecule has 0 spiro atoms.